The molecular weight excluding hydrogens is 532 g/mol. The maximum Gasteiger partial charge on any atom is 0.193 e. The van der Waals surface area contributed by atoms with Gasteiger partial charge in [0.1, 0.15) is 5.75 Å². The molecule has 1 fully saturated rings. The Balaban J connectivity index is 0.00000341. The Bertz CT molecular complexity index is 1010. The zero-order valence-corrected chi connectivity index (χ0v) is 21.1. The molecule has 0 unspecified atom stereocenters. The predicted octanol–water partition coefficient (Wildman–Crippen LogP) is 3.86. The molecule has 0 aliphatic carbocycles. The number of nitrogens with zero attached hydrogens (tertiary/aromatic N) is 2. The van der Waals surface area contributed by atoms with Crippen molar-refractivity contribution < 1.29 is 17.5 Å². The van der Waals surface area contributed by atoms with Crippen molar-refractivity contribution in [2.45, 2.75) is 25.0 Å². The van der Waals surface area contributed by atoms with E-state index in [0.29, 0.717) is 37.8 Å². The van der Waals surface area contributed by atoms with Crippen LogP contribution < -0.4 is 10.1 Å². The van der Waals surface area contributed by atoms with Crippen molar-refractivity contribution >= 4 is 39.8 Å². The highest BCUT2D eigenvalue weighted by atomic mass is 127. The van der Waals surface area contributed by atoms with Crippen LogP contribution in [0.25, 0.3) is 0 Å². The molecule has 0 radical (unpaired) electrons. The lowest BCUT2D eigenvalue weighted by molar-refractivity contribution is 0.353. The van der Waals surface area contributed by atoms with Crippen molar-refractivity contribution in [2.24, 2.45) is 4.99 Å². The van der Waals surface area contributed by atoms with Crippen LogP contribution in [0.3, 0.4) is 0 Å². The number of aliphatic imine (C=N–C) groups is 1. The minimum Gasteiger partial charge on any atom is -0.454 e. The first-order valence-corrected chi connectivity index (χ1v) is 11.6. The van der Waals surface area contributed by atoms with Gasteiger partial charge in [-0.2, -0.15) is 0 Å². The number of nitrogens with one attached hydrogen (secondary N) is 1. The molecule has 1 aliphatic rings. The van der Waals surface area contributed by atoms with Crippen molar-refractivity contribution in [3.05, 3.63) is 59.9 Å². The van der Waals surface area contributed by atoms with Crippen LogP contribution in [-0.4, -0.2) is 56.5 Å². The second kappa shape index (κ2) is 10.6. The van der Waals surface area contributed by atoms with Crippen molar-refractivity contribution in [1.82, 2.24) is 10.2 Å². The molecule has 1 aliphatic heterocycles. The summed E-state index contributed by atoms with van der Waals surface area (Å²) in [6.07, 6.45) is 0.594. The lowest BCUT2D eigenvalue weighted by Gasteiger charge is -2.39. The van der Waals surface area contributed by atoms with Crippen molar-refractivity contribution in [3.8, 4) is 11.5 Å². The van der Waals surface area contributed by atoms with E-state index in [9.17, 15) is 12.8 Å². The quantitative estimate of drug-likeness (QED) is 0.341. The van der Waals surface area contributed by atoms with Gasteiger partial charge in [-0.25, -0.2) is 12.8 Å². The molecule has 9 heteroatoms. The number of benzene rings is 2. The number of ether oxygens (including phenoxy) is 1. The normalized spacial score (nSPS) is 17.5. The number of halogens is 2. The third-order valence-corrected chi connectivity index (χ3v) is 7.75. The molecule has 1 N–H and O–H groups in total. The third-order valence-electron chi connectivity index (χ3n) is 5.22. The van der Waals surface area contributed by atoms with E-state index in [2.05, 4.69) is 10.3 Å². The number of hydrogen-bond donors (Lipinski definition) is 1. The fraction of sp³-hybridized carbons (Fsp3) is 0.409. The highest BCUT2D eigenvalue weighted by molar-refractivity contribution is 14.0. The van der Waals surface area contributed by atoms with E-state index in [-0.39, 0.29) is 35.5 Å². The monoisotopic (exact) mass is 561 g/mol. The first kappa shape index (κ1) is 25.4. The Morgan fingerprint density at radius 1 is 1.23 bits per heavy atom. The lowest BCUT2D eigenvalue weighted by Crippen LogP contribution is -2.57. The van der Waals surface area contributed by atoms with E-state index in [4.69, 9.17) is 4.74 Å². The Labute approximate surface area is 200 Å². The van der Waals surface area contributed by atoms with Gasteiger partial charge in [0, 0.05) is 26.7 Å². The fourth-order valence-electron chi connectivity index (χ4n) is 3.37. The summed E-state index contributed by atoms with van der Waals surface area (Å²) in [5.41, 5.74) is 0.831. The molecule has 1 saturated heterocycles. The molecule has 31 heavy (non-hydrogen) atoms. The van der Waals surface area contributed by atoms with Gasteiger partial charge in [0.2, 0.25) is 0 Å². The van der Waals surface area contributed by atoms with Crippen LogP contribution in [0, 0.1) is 5.82 Å². The van der Waals surface area contributed by atoms with E-state index < -0.39 is 20.4 Å². The Morgan fingerprint density at radius 3 is 2.55 bits per heavy atom. The summed E-state index contributed by atoms with van der Waals surface area (Å²) >= 11 is 0. The number of rotatable bonds is 5. The largest absolute Gasteiger partial charge is 0.454 e. The topological polar surface area (TPSA) is 71.0 Å². The minimum absolute atomic E-state index is 0. The molecule has 0 saturated carbocycles. The summed E-state index contributed by atoms with van der Waals surface area (Å²) in [6, 6.07) is 14.0. The van der Waals surface area contributed by atoms with E-state index in [1.807, 2.05) is 29.2 Å². The molecule has 0 atom stereocenters. The molecule has 0 amide bonds. The molecule has 2 aromatic carbocycles. The third kappa shape index (κ3) is 6.31. The number of hydrogen-bond acceptors (Lipinski definition) is 4. The van der Waals surface area contributed by atoms with E-state index in [1.165, 1.54) is 6.07 Å². The van der Waals surface area contributed by atoms with Crippen molar-refractivity contribution in [3.63, 3.8) is 0 Å². The second-order valence-corrected chi connectivity index (χ2v) is 10.6. The molecule has 0 aromatic heterocycles. The van der Waals surface area contributed by atoms with Crippen LogP contribution in [-0.2, 0) is 16.3 Å². The second-order valence-electron chi connectivity index (χ2n) is 7.90. The molecular formula is C22H29FIN3O3S. The van der Waals surface area contributed by atoms with Crippen LogP contribution in [0.5, 0.6) is 11.5 Å². The summed E-state index contributed by atoms with van der Waals surface area (Å²) in [6.45, 7) is 4.82. The number of sulfone groups is 1. The van der Waals surface area contributed by atoms with E-state index in [1.54, 1.807) is 39.1 Å². The average Bonchev–Trinajstić information content (AvgIpc) is 2.70. The Kier molecular flexibility index (Phi) is 8.70. The van der Waals surface area contributed by atoms with Crippen LogP contribution >= 0.6 is 24.0 Å². The Morgan fingerprint density at radius 2 is 1.94 bits per heavy atom. The zero-order chi connectivity index (χ0) is 21.8. The SMILES string of the molecule is CN=C(NCCc1ccc(Oc2ccccc2)c(F)c1)N1CCS(=O)(=O)C(C)(C)C1.I. The van der Waals surface area contributed by atoms with Crippen LogP contribution in [0.15, 0.2) is 53.5 Å². The standard InChI is InChI=1S/C22H28FN3O3S.HI/c1-22(2)16-26(13-14-30(22,27)28)21(24-3)25-12-11-17-9-10-20(19(23)15-17)29-18-7-5-4-6-8-18;/h4-10,15H,11-14,16H2,1-3H3,(H,24,25);1H. The molecule has 6 nitrogen and oxygen atoms in total. The van der Waals surface area contributed by atoms with Gasteiger partial charge in [-0.15, -0.1) is 24.0 Å². The van der Waals surface area contributed by atoms with Crippen LogP contribution in [0.2, 0.25) is 0 Å². The maximum atomic E-state index is 14.4. The lowest BCUT2D eigenvalue weighted by atomic mass is 10.1. The highest BCUT2D eigenvalue weighted by Crippen LogP contribution is 2.25. The molecule has 3 rings (SSSR count). The summed E-state index contributed by atoms with van der Waals surface area (Å²) in [5, 5.41) is 3.25. The molecule has 170 valence electrons. The van der Waals surface area contributed by atoms with Crippen LogP contribution in [0.4, 0.5) is 4.39 Å². The molecule has 0 spiro atoms. The van der Waals surface area contributed by atoms with Gasteiger partial charge < -0.3 is 15.0 Å². The highest BCUT2D eigenvalue weighted by Gasteiger charge is 2.40. The van der Waals surface area contributed by atoms with Crippen molar-refractivity contribution in [2.75, 3.05) is 32.4 Å². The van der Waals surface area contributed by atoms with E-state index in [0.717, 1.165) is 5.56 Å². The first-order valence-electron chi connectivity index (χ1n) is 9.91. The van der Waals surface area contributed by atoms with E-state index >= 15 is 0 Å². The van der Waals surface area contributed by atoms with Crippen molar-refractivity contribution in [1.29, 1.82) is 0 Å². The summed E-state index contributed by atoms with van der Waals surface area (Å²) in [4.78, 5) is 6.23. The smallest absolute Gasteiger partial charge is 0.193 e. The van der Waals surface area contributed by atoms with Gasteiger partial charge in [0.05, 0.1) is 10.5 Å². The maximum absolute atomic E-state index is 14.4. The summed E-state index contributed by atoms with van der Waals surface area (Å²) < 4.78 is 43.6. The minimum atomic E-state index is -3.11. The number of guanidine groups is 1. The molecule has 0 bridgehead atoms. The van der Waals surface area contributed by atoms with Gasteiger partial charge in [-0.3, -0.25) is 4.99 Å². The molecule has 1 heterocycles. The summed E-state index contributed by atoms with van der Waals surface area (Å²) in [5.74, 6) is 1.12. The zero-order valence-electron chi connectivity index (χ0n) is 18.0. The van der Waals surface area contributed by atoms with Gasteiger partial charge in [0.15, 0.2) is 27.4 Å². The molecule has 2 aromatic rings. The van der Waals surface area contributed by atoms with Crippen LogP contribution in [0.1, 0.15) is 19.4 Å². The average molecular weight is 561 g/mol. The predicted molar refractivity (Wildman–Crippen MR) is 133 cm³/mol. The van der Waals surface area contributed by atoms with Gasteiger partial charge >= 0.3 is 0 Å². The first-order chi connectivity index (χ1) is 14.2. The fourth-order valence-corrected chi connectivity index (χ4v) is 4.74. The van der Waals surface area contributed by atoms with Gasteiger partial charge in [-0.05, 0) is 50.1 Å². The number of para-hydroxylation sites is 1. The Hall–Kier alpha value is -1.88. The van der Waals surface area contributed by atoms with Gasteiger partial charge in [-0.1, -0.05) is 24.3 Å². The summed E-state index contributed by atoms with van der Waals surface area (Å²) in [7, 11) is -1.43. The van der Waals surface area contributed by atoms with Gasteiger partial charge in [0.25, 0.3) is 0 Å².